The molecule has 144 valence electrons. The van der Waals surface area contributed by atoms with Gasteiger partial charge in [0.05, 0.1) is 4.90 Å². The molecule has 0 saturated carbocycles. The lowest BCUT2D eigenvalue weighted by Gasteiger charge is -2.35. The van der Waals surface area contributed by atoms with Crippen molar-refractivity contribution in [3.8, 4) is 0 Å². The van der Waals surface area contributed by atoms with E-state index in [1.165, 1.54) is 33.5 Å². The van der Waals surface area contributed by atoms with Crippen molar-refractivity contribution in [2.75, 3.05) is 45.2 Å². The Hall–Kier alpha value is -2.45. The first kappa shape index (κ1) is 19.3. The fourth-order valence-electron chi connectivity index (χ4n) is 3.04. The van der Waals surface area contributed by atoms with Crippen molar-refractivity contribution >= 4 is 21.6 Å². The summed E-state index contributed by atoms with van der Waals surface area (Å²) in [4.78, 5) is 15.7. The molecule has 0 aromatic heterocycles. The Balaban J connectivity index is 1.74. The van der Waals surface area contributed by atoms with E-state index in [1.54, 1.807) is 38.4 Å². The van der Waals surface area contributed by atoms with Crippen LogP contribution >= 0.6 is 0 Å². The average Bonchev–Trinajstić information content (AvgIpc) is 2.68. The van der Waals surface area contributed by atoms with Crippen LogP contribution in [0.5, 0.6) is 0 Å². The number of nitrogens with zero attached hydrogens (tertiary/aromatic N) is 3. The molecule has 8 heteroatoms. The molecule has 1 heterocycles. The van der Waals surface area contributed by atoms with Gasteiger partial charge in [0.2, 0.25) is 10.0 Å². The van der Waals surface area contributed by atoms with Gasteiger partial charge in [0.25, 0.3) is 5.91 Å². The zero-order valence-corrected chi connectivity index (χ0v) is 16.1. The highest BCUT2D eigenvalue weighted by molar-refractivity contribution is 7.89. The minimum absolute atomic E-state index is 0.116. The molecule has 1 amide bonds. The van der Waals surface area contributed by atoms with Crippen molar-refractivity contribution in [2.45, 2.75) is 4.90 Å². The molecule has 0 atom stereocenters. The summed E-state index contributed by atoms with van der Waals surface area (Å²) in [6.07, 6.45) is 0. The zero-order chi connectivity index (χ0) is 19.6. The molecular weight excluding hydrogens is 369 g/mol. The van der Waals surface area contributed by atoms with Crippen molar-refractivity contribution in [1.29, 1.82) is 0 Å². The van der Waals surface area contributed by atoms with Gasteiger partial charge in [0.15, 0.2) is 0 Å². The van der Waals surface area contributed by atoms with Crippen LogP contribution in [0, 0.1) is 5.82 Å². The minimum atomic E-state index is -3.68. The quantitative estimate of drug-likeness (QED) is 0.800. The lowest BCUT2D eigenvalue weighted by Crippen LogP contribution is -2.48. The van der Waals surface area contributed by atoms with E-state index in [0.29, 0.717) is 31.7 Å². The molecule has 0 bridgehead atoms. The monoisotopic (exact) mass is 391 g/mol. The van der Waals surface area contributed by atoms with Gasteiger partial charge in [0, 0.05) is 51.5 Å². The van der Waals surface area contributed by atoms with Crippen LogP contribution in [0.3, 0.4) is 0 Å². The topological polar surface area (TPSA) is 60.9 Å². The van der Waals surface area contributed by atoms with Gasteiger partial charge in [-0.25, -0.2) is 12.8 Å². The predicted octanol–water partition coefficient (Wildman–Crippen LogP) is 2.04. The molecule has 3 rings (SSSR count). The van der Waals surface area contributed by atoms with Crippen molar-refractivity contribution in [1.82, 2.24) is 9.21 Å². The van der Waals surface area contributed by atoms with E-state index in [0.717, 1.165) is 5.69 Å². The molecule has 0 radical (unpaired) electrons. The molecule has 1 aliphatic heterocycles. The largest absolute Gasteiger partial charge is 0.369 e. The molecule has 2 aromatic rings. The Bertz CT molecular complexity index is 921. The van der Waals surface area contributed by atoms with Gasteiger partial charge in [0.1, 0.15) is 5.82 Å². The summed E-state index contributed by atoms with van der Waals surface area (Å²) < 4.78 is 40.4. The van der Waals surface area contributed by atoms with E-state index in [9.17, 15) is 17.6 Å². The van der Waals surface area contributed by atoms with Crippen molar-refractivity contribution in [3.63, 3.8) is 0 Å². The van der Waals surface area contributed by atoms with Crippen molar-refractivity contribution in [2.24, 2.45) is 0 Å². The standard InChI is InChI=1S/C19H22FN3O3S/c1-21(2)19(24)15-4-3-5-18(14-15)27(25,26)23-12-10-22(11-13-23)17-8-6-16(20)7-9-17/h3-9,14H,10-13H2,1-2H3. The van der Waals surface area contributed by atoms with Crippen LogP contribution in [0.15, 0.2) is 53.4 Å². The summed E-state index contributed by atoms with van der Waals surface area (Å²) >= 11 is 0. The van der Waals surface area contributed by atoms with Crippen LogP contribution < -0.4 is 4.90 Å². The lowest BCUT2D eigenvalue weighted by atomic mass is 10.2. The number of benzene rings is 2. The van der Waals surface area contributed by atoms with E-state index in [1.807, 2.05) is 4.90 Å². The Labute approximate surface area is 158 Å². The number of piperazine rings is 1. The maximum absolute atomic E-state index is 13.1. The van der Waals surface area contributed by atoms with Gasteiger partial charge in [-0.15, -0.1) is 0 Å². The summed E-state index contributed by atoms with van der Waals surface area (Å²) in [7, 11) is -0.434. The predicted molar refractivity (Wildman–Crippen MR) is 102 cm³/mol. The maximum atomic E-state index is 13.1. The van der Waals surface area contributed by atoms with Gasteiger partial charge >= 0.3 is 0 Å². The molecule has 6 nitrogen and oxygen atoms in total. The number of carbonyl (C=O) groups excluding carboxylic acids is 1. The molecule has 1 saturated heterocycles. The Kier molecular flexibility index (Phi) is 5.48. The molecule has 0 aliphatic carbocycles. The van der Waals surface area contributed by atoms with E-state index < -0.39 is 10.0 Å². The third-order valence-electron chi connectivity index (χ3n) is 4.56. The van der Waals surface area contributed by atoms with Gasteiger partial charge in [-0.2, -0.15) is 4.31 Å². The highest BCUT2D eigenvalue weighted by Gasteiger charge is 2.29. The van der Waals surface area contributed by atoms with Crippen LogP contribution in [0.25, 0.3) is 0 Å². The number of rotatable bonds is 4. The number of hydrogen-bond donors (Lipinski definition) is 0. The van der Waals surface area contributed by atoms with Crippen molar-refractivity contribution in [3.05, 3.63) is 59.9 Å². The summed E-state index contributed by atoms with van der Waals surface area (Å²) in [5.74, 6) is -0.541. The molecule has 0 N–H and O–H groups in total. The molecular formula is C19H22FN3O3S. The third-order valence-corrected chi connectivity index (χ3v) is 6.45. The number of amides is 1. The number of carbonyl (C=O) groups is 1. The Morgan fingerprint density at radius 1 is 1.00 bits per heavy atom. The maximum Gasteiger partial charge on any atom is 0.253 e. The first-order chi connectivity index (χ1) is 12.8. The van der Waals surface area contributed by atoms with Crippen LogP contribution in [-0.2, 0) is 10.0 Å². The van der Waals surface area contributed by atoms with Gasteiger partial charge in [-0.05, 0) is 42.5 Å². The molecule has 1 aliphatic rings. The zero-order valence-electron chi connectivity index (χ0n) is 15.3. The second-order valence-electron chi connectivity index (χ2n) is 6.59. The number of anilines is 1. The molecule has 0 spiro atoms. The average molecular weight is 391 g/mol. The smallest absolute Gasteiger partial charge is 0.253 e. The Morgan fingerprint density at radius 2 is 1.63 bits per heavy atom. The third kappa shape index (κ3) is 4.12. The van der Waals surface area contributed by atoms with Gasteiger partial charge < -0.3 is 9.80 Å². The van der Waals surface area contributed by atoms with Gasteiger partial charge in [-0.1, -0.05) is 6.07 Å². The lowest BCUT2D eigenvalue weighted by molar-refractivity contribution is 0.0827. The molecule has 1 fully saturated rings. The van der Waals surface area contributed by atoms with Crippen LogP contribution in [-0.4, -0.2) is 63.8 Å². The fraction of sp³-hybridized carbons (Fsp3) is 0.316. The van der Waals surface area contributed by atoms with Gasteiger partial charge in [-0.3, -0.25) is 4.79 Å². The number of sulfonamides is 1. The number of hydrogen-bond acceptors (Lipinski definition) is 4. The summed E-state index contributed by atoms with van der Waals surface area (Å²) in [5, 5.41) is 0. The van der Waals surface area contributed by atoms with E-state index in [-0.39, 0.29) is 16.6 Å². The highest BCUT2D eigenvalue weighted by Crippen LogP contribution is 2.22. The van der Waals surface area contributed by atoms with Crippen molar-refractivity contribution < 1.29 is 17.6 Å². The molecule has 2 aromatic carbocycles. The highest BCUT2D eigenvalue weighted by atomic mass is 32.2. The first-order valence-electron chi connectivity index (χ1n) is 8.61. The second-order valence-corrected chi connectivity index (χ2v) is 8.53. The minimum Gasteiger partial charge on any atom is -0.369 e. The SMILES string of the molecule is CN(C)C(=O)c1cccc(S(=O)(=O)N2CCN(c3ccc(F)cc3)CC2)c1. The fourth-order valence-corrected chi connectivity index (χ4v) is 4.50. The first-order valence-corrected chi connectivity index (χ1v) is 10.1. The van der Waals surface area contributed by atoms with Crippen LogP contribution in [0.1, 0.15) is 10.4 Å². The summed E-state index contributed by atoms with van der Waals surface area (Å²) in [6.45, 7) is 1.68. The summed E-state index contributed by atoms with van der Waals surface area (Å²) in [5.41, 5.74) is 1.21. The molecule has 27 heavy (non-hydrogen) atoms. The Morgan fingerprint density at radius 3 is 2.22 bits per heavy atom. The van der Waals surface area contributed by atoms with E-state index in [2.05, 4.69) is 0 Å². The number of halogens is 1. The molecule has 0 unspecified atom stereocenters. The normalized spacial score (nSPS) is 15.6. The second kappa shape index (κ2) is 7.66. The van der Waals surface area contributed by atoms with Crippen LogP contribution in [0.4, 0.5) is 10.1 Å². The van der Waals surface area contributed by atoms with Crippen LogP contribution in [0.2, 0.25) is 0 Å². The summed E-state index contributed by atoms with van der Waals surface area (Å²) in [6, 6.07) is 12.3. The van der Waals surface area contributed by atoms with E-state index in [4.69, 9.17) is 0 Å². The van der Waals surface area contributed by atoms with E-state index >= 15 is 0 Å².